The van der Waals surface area contributed by atoms with E-state index in [1.165, 1.54) is 19.3 Å². The zero-order valence-electron chi connectivity index (χ0n) is 13.2. The van der Waals surface area contributed by atoms with Crippen LogP contribution < -0.4 is 0 Å². The Kier molecular flexibility index (Phi) is 13.7. The number of aliphatic carboxylic acids is 1. The van der Waals surface area contributed by atoms with Crippen molar-refractivity contribution in [1.82, 2.24) is 0 Å². The average molecular weight is 292 g/mol. The molecule has 0 aliphatic rings. The van der Waals surface area contributed by atoms with Gasteiger partial charge in [0.05, 0.1) is 0 Å². The number of carbonyl (C=O) groups excluding carboxylic acids is 1. The molecule has 0 amide bonds. The number of hydrogen-bond donors (Lipinski definition) is 1. The second kappa shape index (κ2) is 14.8. The van der Waals surface area contributed by atoms with E-state index in [1.54, 1.807) is 0 Å². The van der Waals surface area contributed by atoms with E-state index in [0.717, 1.165) is 38.5 Å². The van der Waals surface area contributed by atoms with Gasteiger partial charge in [-0.05, 0) is 25.7 Å². The summed E-state index contributed by atoms with van der Waals surface area (Å²) in [6.07, 6.45) is 14.7. The first-order valence-corrected chi connectivity index (χ1v) is 8.05. The molecule has 21 heavy (non-hydrogen) atoms. The number of carbonyl (C=O) groups is 2. The van der Waals surface area contributed by atoms with Crippen molar-refractivity contribution in [2.45, 2.75) is 77.6 Å². The molecule has 0 atom stereocenters. The third-order valence-electron chi connectivity index (χ3n) is 3.18. The highest BCUT2D eigenvalue weighted by Crippen LogP contribution is 2.06. The second-order valence-corrected chi connectivity index (χ2v) is 5.17. The molecule has 0 spiro atoms. The molecule has 0 rings (SSSR count). The summed E-state index contributed by atoms with van der Waals surface area (Å²) < 4.78 is 0. The highest BCUT2D eigenvalue weighted by molar-refractivity contribution is 6.32. The highest BCUT2D eigenvalue weighted by Gasteiger charge is 2.09. The molecule has 0 aromatic carbocycles. The van der Waals surface area contributed by atoms with Crippen molar-refractivity contribution in [2.24, 2.45) is 0 Å². The van der Waals surface area contributed by atoms with Crippen LogP contribution in [0.1, 0.15) is 77.6 Å². The van der Waals surface area contributed by atoms with E-state index >= 15 is 0 Å². The lowest BCUT2D eigenvalue weighted by atomic mass is 10.1. The minimum atomic E-state index is -1.31. The lowest BCUT2D eigenvalue weighted by Crippen LogP contribution is -2.11. The number of unbranched alkanes of at least 4 members (excludes halogenated alkanes) is 7. The summed E-state index contributed by atoms with van der Waals surface area (Å²) in [7, 11) is 0. The predicted octanol–water partition coefficient (Wildman–Crippen LogP) is 4.51. The Morgan fingerprint density at radius 1 is 0.952 bits per heavy atom. The second-order valence-electron chi connectivity index (χ2n) is 5.17. The van der Waals surface area contributed by atoms with Crippen LogP contribution in [-0.2, 0) is 9.59 Å². The van der Waals surface area contributed by atoms with E-state index in [4.69, 9.17) is 5.11 Å². The number of rotatable bonds is 12. The molecule has 0 unspecified atom stereocenters. The molecule has 0 aliphatic carbocycles. The van der Waals surface area contributed by atoms with Gasteiger partial charge in [-0.2, -0.15) is 0 Å². The summed E-state index contributed by atoms with van der Waals surface area (Å²) in [5, 5.41) is 8.42. The molecule has 0 radical (unpaired) electrons. The molecule has 0 saturated heterocycles. The Morgan fingerprint density at radius 2 is 1.71 bits per heavy atom. The fraction of sp³-hybridized carbons (Fsp3) is 0.667. The number of allylic oxidation sites excluding steroid dienone is 2. The quantitative estimate of drug-likeness (QED) is 0.249. The van der Waals surface area contributed by atoms with Crippen molar-refractivity contribution in [3.63, 3.8) is 0 Å². The molecule has 0 aromatic rings. The van der Waals surface area contributed by atoms with Crippen LogP contribution in [0.15, 0.2) is 12.2 Å². The summed E-state index contributed by atoms with van der Waals surface area (Å²) in [5.74, 6) is 4.34. The molecular formula is C18H28O3. The van der Waals surface area contributed by atoms with Crippen molar-refractivity contribution in [1.29, 1.82) is 0 Å². The lowest BCUT2D eigenvalue weighted by Gasteiger charge is -1.97. The Morgan fingerprint density at radius 3 is 2.43 bits per heavy atom. The van der Waals surface area contributed by atoms with Crippen LogP contribution in [0, 0.1) is 11.8 Å². The Balaban J connectivity index is 3.33. The van der Waals surface area contributed by atoms with Crippen molar-refractivity contribution in [3.8, 4) is 11.8 Å². The van der Waals surface area contributed by atoms with E-state index in [2.05, 4.69) is 30.9 Å². The number of carboxylic acids is 1. The van der Waals surface area contributed by atoms with Crippen LogP contribution in [-0.4, -0.2) is 16.9 Å². The number of hydrogen-bond acceptors (Lipinski definition) is 2. The number of carboxylic acid groups (broad SMARTS) is 1. The molecular weight excluding hydrogens is 264 g/mol. The molecule has 3 nitrogen and oxygen atoms in total. The van der Waals surface area contributed by atoms with Crippen LogP contribution in [0.4, 0.5) is 0 Å². The normalized spacial score (nSPS) is 10.3. The molecule has 0 bridgehead atoms. The first-order valence-electron chi connectivity index (χ1n) is 8.05. The monoisotopic (exact) mass is 292 g/mol. The van der Waals surface area contributed by atoms with E-state index < -0.39 is 11.8 Å². The van der Waals surface area contributed by atoms with E-state index in [-0.39, 0.29) is 6.42 Å². The molecule has 118 valence electrons. The topological polar surface area (TPSA) is 54.4 Å². The third kappa shape index (κ3) is 14.7. The fourth-order valence-corrected chi connectivity index (χ4v) is 1.89. The standard InChI is InChI=1S/C18H28O3/c1-2-3-4-5-6-7-8-9-10-11-12-13-14-15-16-17(19)18(20)21/h9-10H,2-5,8,11-16H2,1H3,(H,20,21). The molecule has 1 N–H and O–H groups in total. The van der Waals surface area contributed by atoms with Crippen LogP contribution in [0.25, 0.3) is 0 Å². The summed E-state index contributed by atoms with van der Waals surface area (Å²) in [6, 6.07) is 0. The maximum absolute atomic E-state index is 10.8. The van der Waals surface area contributed by atoms with Gasteiger partial charge in [0.2, 0.25) is 5.78 Å². The van der Waals surface area contributed by atoms with Crippen molar-refractivity contribution in [2.75, 3.05) is 0 Å². The predicted molar refractivity (Wildman–Crippen MR) is 86.0 cm³/mol. The van der Waals surface area contributed by atoms with Crippen LogP contribution in [0.3, 0.4) is 0 Å². The van der Waals surface area contributed by atoms with Gasteiger partial charge in [-0.3, -0.25) is 4.79 Å². The smallest absolute Gasteiger partial charge is 0.372 e. The van der Waals surface area contributed by atoms with Gasteiger partial charge in [-0.15, -0.1) is 5.92 Å². The minimum Gasteiger partial charge on any atom is -0.476 e. The Labute approximate surface area is 128 Å². The average Bonchev–Trinajstić information content (AvgIpc) is 2.47. The van der Waals surface area contributed by atoms with Crippen molar-refractivity contribution >= 4 is 11.8 Å². The summed E-state index contributed by atoms with van der Waals surface area (Å²) in [6.45, 7) is 2.19. The van der Waals surface area contributed by atoms with Crippen LogP contribution in [0.5, 0.6) is 0 Å². The van der Waals surface area contributed by atoms with Gasteiger partial charge in [-0.1, -0.05) is 50.7 Å². The van der Waals surface area contributed by atoms with Crippen molar-refractivity contribution < 1.29 is 14.7 Å². The molecule has 0 aromatic heterocycles. The van der Waals surface area contributed by atoms with Gasteiger partial charge < -0.3 is 5.11 Å². The third-order valence-corrected chi connectivity index (χ3v) is 3.18. The first-order chi connectivity index (χ1) is 10.2. The Bertz CT molecular complexity index is 372. The molecule has 0 saturated carbocycles. The summed E-state index contributed by atoms with van der Waals surface area (Å²) in [4.78, 5) is 21.1. The van der Waals surface area contributed by atoms with Gasteiger partial charge in [0.25, 0.3) is 0 Å². The first kappa shape index (κ1) is 19.4. The van der Waals surface area contributed by atoms with E-state index in [9.17, 15) is 9.59 Å². The van der Waals surface area contributed by atoms with Gasteiger partial charge in [0.15, 0.2) is 0 Å². The van der Waals surface area contributed by atoms with Gasteiger partial charge in [0, 0.05) is 19.3 Å². The molecule has 3 heteroatoms. The Hall–Kier alpha value is -1.56. The SMILES string of the molecule is CCCCCC#CCC=CCCCCCCC(=O)C(=O)O. The van der Waals surface area contributed by atoms with Crippen LogP contribution >= 0.6 is 0 Å². The zero-order chi connectivity index (χ0) is 15.8. The zero-order valence-corrected chi connectivity index (χ0v) is 13.2. The molecule has 0 aliphatic heterocycles. The van der Waals surface area contributed by atoms with Gasteiger partial charge >= 0.3 is 5.97 Å². The van der Waals surface area contributed by atoms with Gasteiger partial charge in [0.1, 0.15) is 0 Å². The summed E-state index contributed by atoms with van der Waals surface area (Å²) >= 11 is 0. The lowest BCUT2D eigenvalue weighted by molar-refractivity contribution is -0.149. The van der Waals surface area contributed by atoms with Crippen LogP contribution in [0.2, 0.25) is 0 Å². The summed E-state index contributed by atoms with van der Waals surface area (Å²) in [5.41, 5.74) is 0. The maximum Gasteiger partial charge on any atom is 0.372 e. The number of ketones is 1. The van der Waals surface area contributed by atoms with Gasteiger partial charge in [-0.25, -0.2) is 4.79 Å². The van der Waals surface area contributed by atoms with E-state index in [1.807, 2.05) is 0 Å². The maximum atomic E-state index is 10.8. The minimum absolute atomic E-state index is 0.165. The molecule has 0 heterocycles. The fourth-order valence-electron chi connectivity index (χ4n) is 1.89. The van der Waals surface area contributed by atoms with Crippen molar-refractivity contribution in [3.05, 3.63) is 12.2 Å². The molecule has 0 fully saturated rings. The van der Waals surface area contributed by atoms with E-state index in [0.29, 0.717) is 6.42 Å². The highest BCUT2D eigenvalue weighted by atomic mass is 16.4. The number of Topliss-reactive ketones (excluding diaryl/α,β-unsaturated/α-hetero) is 1. The largest absolute Gasteiger partial charge is 0.476 e.